The summed E-state index contributed by atoms with van der Waals surface area (Å²) in [6.07, 6.45) is 2.14. The predicted octanol–water partition coefficient (Wildman–Crippen LogP) is 6.71. The van der Waals surface area contributed by atoms with Gasteiger partial charge in [-0.15, -0.1) is 0 Å². The molecule has 0 spiro atoms. The second-order valence-electron chi connectivity index (χ2n) is 4.76. The number of benzene rings is 2. The van der Waals surface area contributed by atoms with Gasteiger partial charge in [0, 0.05) is 9.50 Å². The summed E-state index contributed by atoms with van der Waals surface area (Å²) < 4.78 is 1.00. The third-order valence-electron chi connectivity index (χ3n) is 3.52. The Balaban J connectivity index is 2.40. The summed E-state index contributed by atoms with van der Waals surface area (Å²) in [5.41, 5.74) is 5.20. The topological polar surface area (TPSA) is 0 Å². The van der Waals surface area contributed by atoms with E-state index in [0.717, 1.165) is 27.9 Å². The van der Waals surface area contributed by atoms with Crippen molar-refractivity contribution in [1.29, 1.82) is 0 Å². The number of aryl methyl sites for hydroxylation is 2. The molecule has 0 fully saturated rings. The lowest BCUT2D eigenvalue weighted by molar-refractivity contribution is 1.02. The zero-order chi connectivity index (χ0) is 14.7. The van der Waals surface area contributed by atoms with Crippen molar-refractivity contribution in [3.8, 4) is 0 Å². The highest BCUT2D eigenvalue weighted by atomic mass is 79.9. The second kappa shape index (κ2) is 7.11. The molecule has 106 valence electrons. The molecule has 0 heterocycles. The zero-order valence-corrected chi connectivity index (χ0v) is 15.5. The number of hydrogen-bond acceptors (Lipinski definition) is 0. The predicted molar refractivity (Wildman–Crippen MR) is 95.1 cm³/mol. The number of alkyl halides is 1. The molecule has 0 bridgehead atoms. The fourth-order valence-electron chi connectivity index (χ4n) is 2.36. The summed E-state index contributed by atoms with van der Waals surface area (Å²) in [4.78, 5) is 0.124. The van der Waals surface area contributed by atoms with E-state index in [-0.39, 0.29) is 4.83 Å². The van der Waals surface area contributed by atoms with Crippen molar-refractivity contribution in [3.63, 3.8) is 0 Å². The van der Waals surface area contributed by atoms with Crippen molar-refractivity contribution in [2.45, 2.75) is 31.5 Å². The fourth-order valence-corrected chi connectivity index (χ4v) is 3.96. The van der Waals surface area contributed by atoms with Crippen molar-refractivity contribution >= 4 is 43.5 Å². The van der Waals surface area contributed by atoms with Gasteiger partial charge in [0.15, 0.2) is 0 Å². The SMILES string of the molecule is CCc1ccc(C(Br)c2ccc(Br)cc2Cl)cc1CC. The molecule has 1 unspecified atom stereocenters. The van der Waals surface area contributed by atoms with Crippen molar-refractivity contribution < 1.29 is 0 Å². The van der Waals surface area contributed by atoms with Crippen LogP contribution >= 0.6 is 43.5 Å². The Morgan fingerprint density at radius 2 is 1.70 bits per heavy atom. The molecular weight excluding hydrogens is 399 g/mol. The first-order chi connectivity index (χ1) is 9.56. The molecule has 1 atom stereocenters. The Morgan fingerprint density at radius 3 is 2.30 bits per heavy atom. The van der Waals surface area contributed by atoms with Crippen molar-refractivity contribution in [2.75, 3.05) is 0 Å². The van der Waals surface area contributed by atoms with Crippen LogP contribution in [0.1, 0.15) is 40.9 Å². The molecule has 0 aromatic heterocycles. The van der Waals surface area contributed by atoms with Gasteiger partial charge in [-0.3, -0.25) is 0 Å². The number of halogens is 3. The summed E-state index contributed by atoms with van der Waals surface area (Å²) >= 11 is 13.6. The average molecular weight is 417 g/mol. The van der Waals surface area contributed by atoms with Gasteiger partial charge in [-0.05, 0) is 47.2 Å². The Morgan fingerprint density at radius 1 is 1.00 bits per heavy atom. The van der Waals surface area contributed by atoms with Crippen LogP contribution in [0.25, 0.3) is 0 Å². The van der Waals surface area contributed by atoms with E-state index in [1.807, 2.05) is 12.1 Å². The molecule has 2 aromatic rings. The average Bonchev–Trinajstić information content (AvgIpc) is 2.45. The van der Waals surface area contributed by atoms with Crippen LogP contribution < -0.4 is 0 Å². The van der Waals surface area contributed by atoms with Crippen LogP contribution in [0.4, 0.5) is 0 Å². The normalized spacial score (nSPS) is 12.4. The van der Waals surface area contributed by atoms with Gasteiger partial charge >= 0.3 is 0 Å². The molecule has 20 heavy (non-hydrogen) atoms. The molecule has 0 nitrogen and oxygen atoms in total. The van der Waals surface area contributed by atoms with Crippen LogP contribution in [0.2, 0.25) is 5.02 Å². The van der Waals surface area contributed by atoms with Gasteiger partial charge < -0.3 is 0 Å². The summed E-state index contributed by atoms with van der Waals surface area (Å²) in [6, 6.07) is 12.7. The first-order valence-corrected chi connectivity index (χ1v) is 8.86. The second-order valence-corrected chi connectivity index (χ2v) is 7.00. The van der Waals surface area contributed by atoms with Gasteiger partial charge in [-0.2, -0.15) is 0 Å². The summed E-state index contributed by atoms with van der Waals surface area (Å²) in [6.45, 7) is 4.40. The monoisotopic (exact) mass is 414 g/mol. The van der Waals surface area contributed by atoms with Gasteiger partial charge in [0.05, 0.1) is 4.83 Å². The highest BCUT2D eigenvalue weighted by molar-refractivity contribution is 9.10. The van der Waals surface area contributed by atoms with E-state index in [0.29, 0.717) is 0 Å². The van der Waals surface area contributed by atoms with Gasteiger partial charge in [0.1, 0.15) is 0 Å². The van der Waals surface area contributed by atoms with Crippen LogP contribution in [-0.4, -0.2) is 0 Å². The fraction of sp³-hybridized carbons (Fsp3) is 0.294. The maximum Gasteiger partial charge on any atom is 0.0659 e. The van der Waals surface area contributed by atoms with Gasteiger partial charge in [-0.1, -0.05) is 81.6 Å². The van der Waals surface area contributed by atoms with E-state index in [1.54, 1.807) is 0 Å². The molecular formula is C17H17Br2Cl. The third-order valence-corrected chi connectivity index (χ3v) is 5.36. The Hall–Kier alpha value is -0.310. The van der Waals surface area contributed by atoms with E-state index in [4.69, 9.17) is 11.6 Å². The summed E-state index contributed by atoms with van der Waals surface area (Å²) in [5.74, 6) is 0. The molecule has 2 aromatic carbocycles. The lowest BCUT2D eigenvalue weighted by atomic mass is 9.96. The van der Waals surface area contributed by atoms with Crippen molar-refractivity contribution in [1.82, 2.24) is 0 Å². The summed E-state index contributed by atoms with van der Waals surface area (Å²) in [5, 5.41) is 0.777. The molecule has 0 N–H and O–H groups in total. The summed E-state index contributed by atoms with van der Waals surface area (Å²) in [7, 11) is 0. The minimum Gasteiger partial charge on any atom is -0.0839 e. The Kier molecular flexibility index (Phi) is 5.71. The Labute approximate surface area is 142 Å². The first kappa shape index (κ1) is 16.1. The van der Waals surface area contributed by atoms with E-state index >= 15 is 0 Å². The van der Waals surface area contributed by atoms with Gasteiger partial charge in [0.2, 0.25) is 0 Å². The van der Waals surface area contributed by atoms with Gasteiger partial charge in [-0.25, -0.2) is 0 Å². The van der Waals surface area contributed by atoms with Crippen LogP contribution in [-0.2, 0) is 12.8 Å². The van der Waals surface area contributed by atoms with Gasteiger partial charge in [0.25, 0.3) is 0 Å². The largest absolute Gasteiger partial charge is 0.0839 e. The quantitative estimate of drug-likeness (QED) is 0.486. The van der Waals surface area contributed by atoms with Crippen LogP contribution in [0.5, 0.6) is 0 Å². The van der Waals surface area contributed by atoms with Crippen LogP contribution in [0.3, 0.4) is 0 Å². The maximum atomic E-state index is 6.35. The zero-order valence-electron chi connectivity index (χ0n) is 11.6. The highest BCUT2D eigenvalue weighted by Crippen LogP contribution is 2.37. The molecule has 0 aliphatic carbocycles. The van der Waals surface area contributed by atoms with Crippen molar-refractivity contribution in [3.05, 3.63) is 68.1 Å². The Bertz CT molecular complexity index is 608. The molecule has 0 saturated carbocycles. The lowest BCUT2D eigenvalue weighted by Gasteiger charge is -2.15. The third kappa shape index (κ3) is 3.47. The molecule has 0 aliphatic rings. The number of rotatable bonds is 4. The smallest absolute Gasteiger partial charge is 0.0659 e. The number of hydrogen-bond donors (Lipinski definition) is 0. The van der Waals surface area contributed by atoms with E-state index < -0.39 is 0 Å². The van der Waals surface area contributed by atoms with E-state index in [2.05, 4.69) is 70.0 Å². The minimum atomic E-state index is 0.124. The van der Waals surface area contributed by atoms with E-state index in [9.17, 15) is 0 Å². The molecule has 0 amide bonds. The molecule has 2 rings (SSSR count). The minimum absolute atomic E-state index is 0.124. The molecule has 0 saturated heterocycles. The van der Waals surface area contributed by atoms with E-state index in [1.165, 1.54) is 16.7 Å². The maximum absolute atomic E-state index is 6.35. The first-order valence-electron chi connectivity index (χ1n) is 6.77. The van der Waals surface area contributed by atoms with Crippen LogP contribution in [0, 0.1) is 0 Å². The molecule has 0 aliphatic heterocycles. The lowest BCUT2D eigenvalue weighted by Crippen LogP contribution is -1.98. The van der Waals surface area contributed by atoms with Crippen molar-refractivity contribution in [2.24, 2.45) is 0 Å². The highest BCUT2D eigenvalue weighted by Gasteiger charge is 2.15. The van der Waals surface area contributed by atoms with Crippen LogP contribution in [0.15, 0.2) is 40.9 Å². The molecule has 3 heteroatoms. The standard InChI is InChI=1S/C17H17Br2Cl/c1-3-11-5-6-13(9-12(11)4-2)17(19)15-8-7-14(18)10-16(15)20/h5-10,17H,3-4H2,1-2H3. The molecule has 0 radical (unpaired) electrons.